The molecule has 8 heteroatoms. The molecule has 2 heterocycles. The summed E-state index contributed by atoms with van der Waals surface area (Å²) in [4.78, 5) is 44.4. The van der Waals surface area contributed by atoms with E-state index in [0.29, 0.717) is 22.8 Å². The molecule has 4 aromatic rings. The number of hydrogen-bond acceptors (Lipinski definition) is 4. The molecular formula is C24H17BrN4O3. The monoisotopic (exact) mass is 488 g/mol. The minimum absolute atomic E-state index is 0.0291. The zero-order chi connectivity index (χ0) is 22.5. The zero-order valence-electron chi connectivity index (χ0n) is 16.6. The van der Waals surface area contributed by atoms with Crippen LogP contribution >= 0.6 is 15.9 Å². The Labute approximate surface area is 191 Å². The van der Waals surface area contributed by atoms with Gasteiger partial charge < -0.3 is 15.6 Å². The number of nitrogens with one attached hydrogen (secondary N) is 3. The highest BCUT2D eigenvalue weighted by atomic mass is 79.9. The van der Waals surface area contributed by atoms with Crippen LogP contribution in [0.15, 0.2) is 94.3 Å². The third-order valence-electron chi connectivity index (χ3n) is 4.59. The van der Waals surface area contributed by atoms with Crippen LogP contribution in [-0.4, -0.2) is 21.8 Å². The maximum Gasteiger partial charge on any atom is 0.261 e. The number of anilines is 2. The fraction of sp³-hybridized carbons (Fsp3) is 0. The number of amides is 2. The highest BCUT2D eigenvalue weighted by molar-refractivity contribution is 9.10. The summed E-state index contributed by atoms with van der Waals surface area (Å²) in [6, 6.07) is 22.4. The van der Waals surface area contributed by atoms with Crippen LogP contribution < -0.4 is 16.2 Å². The van der Waals surface area contributed by atoms with Gasteiger partial charge in [-0.2, -0.15) is 0 Å². The average molecular weight is 489 g/mol. The van der Waals surface area contributed by atoms with E-state index in [0.717, 1.165) is 10.0 Å². The molecule has 0 bridgehead atoms. The molecule has 0 unspecified atom stereocenters. The van der Waals surface area contributed by atoms with Gasteiger partial charge in [0.25, 0.3) is 17.4 Å². The highest BCUT2D eigenvalue weighted by Gasteiger charge is 2.13. The van der Waals surface area contributed by atoms with Crippen LogP contribution in [-0.2, 0) is 0 Å². The lowest BCUT2D eigenvalue weighted by molar-refractivity contribution is 0.101. The zero-order valence-corrected chi connectivity index (χ0v) is 18.2. The van der Waals surface area contributed by atoms with E-state index >= 15 is 0 Å². The van der Waals surface area contributed by atoms with Crippen LogP contribution in [0.5, 0.6) is 0 Å². The number of aromatic amines is 1. The first kappa shape index (κ1) is 21.2. The van der Waals surface area contributed by atoms with E-state index in [4.69, 9.17) is 0 Å². The largest absolute Gasteiger partial charge is 0.322 e. The van der Waals surface area contributed by atoms with Crippen molar-refractivity contribution in [1.29, 1.82) is 0 Å². The van der Waals surface area contributed by atoms with Gasteiger partial charge in [-0.3, -0.25) is 14.4 Å². The molecule has 0 aliphatic rings. The first-order chi connectivity index (χ1) is 15.5. The Bertz CT molecular complexity index is 1340. The molecule has 0 radical (unpaired) electrons. The Hall–Kier alpha value is -4.04. The normalized spacial score (nSPS) is 10.4. The van der Waals surface area contributed by atoms with Crippen LogP contribution in [0.25, 0.3) is 11.3 Å². The third-order valence-corrected chi connectivity index (χ3v) is 5.06. The number of pyridine rings is 2. The second kappa shape index (κ2) is 9.40. The van der Waals surface area contributed by atoms with E-state index in [2.05, 4.69) is 36.5 Å². The number of benzene rings is 2. The van der Waals surface area contributed by atoms with Gasteiger partial charge in [-0.15, -0.1) is 0 Å². The van der Waals surface area contributed by atoms with Crippen molar-refractivity contribution in [1.82, 2.24) is 9.97 Å². The van der Waals surface area contributed by atoms with Crippen LogP contribution in [0.1, 0.15) is 20.7 Å². The Morgan fingerprint density at radius 1 is 0.844 bits per heavy atom. The van der Waals surface area contributed by atoms with Gasteiger partial charge in [0.15, 0.2) is 0 Å². The quantitative estimate of drug-likeness (QED) is 0.378. The summed E-state index contributed by atoms with van der Waals surface area (Å²) in [5.41, 5.74) is 1.65. The number of hydrogen-bond donors (Lipinski definition) is 3. The lowest BCUT2D eigenvalue weighted by Gasteiger charge is -2.09. The Kier molecular flexibility index (Phi) is 6.23. The molecule has 0 fully saturated rings. The number of rotatable bonds is 5. The molecule has 158 valence electrons. The Morgan fingerprint density at radius 3 is 2.38 bits per heavy atom. The second-order valence-corrected chi connectivity index (χ2v) is 7.75. The molecule has 2 aromatic heterocycles. The van der Waals surface area contributed by atoms with Gasteiger partial charge in [0, 0.05) is 27.6 Å². The summed E-state index contributed by atoms with van der Waals surface area (Å²) < 4.78 is 0.798. The number of aromatic nitrogens is 2. The number of carbonyl (C=O) groups excluding carboxylic acids is 2. The smallest absolute Gasteiger partial charge is 0.261 e. The molecular weight excluding hydrogens is 472 g/mol. The summed E-state index contributed by atoms with van der Waals surface area (Å²) in [6.45, 7) is 0. The molecule has 3 N–H and O–H groups in total. The van der Waals surface area contributed by atoms with Crippen molar-refractivity contribution in [3.8, 4) is 11.3 Å². The molecule has 7 nitrogen and oxygen atoms in total. The van der Waals surface area contributed by atoms with Crippen molar-refractivity contribution in [2.75, 3.05) is 10.6 Å². The van der Waals surface area contributed by atoms with Crippen LogP contribution in [0.2, 0.25) is 0 Å². The van der Waals surface area contributed by atoms with Crippen LogP contribution in [0.3, 0.4) is 0 Å². The van der Waals surface area contributed by atoms with E-state index in [9.17, 15) is 14.4 Å². The van der Waals surface area contributed by atoms with Gasteiger partial charge in [0.1, 0.15) is 11.4 Å². The lowest BCUT2D eigenvalue weighted by atomic mass is 10.1. The Balaban J connectivity index is 1.48. The average Bonchev–Trinajstić information content (AvgIpc) is 2.81. The second-order valence-electron chi connectivity index (χ2n) is 6.83. The van der Waals surface area contributed by atoms with Gasteiger partial charge in [0.2, 0.25) is 0 Å². The lowest BCUT2D eigenvalue weighted by Crippen LogP contribution is -2.23. The summed E-state index contributed by atoms with van der Waals surface area (Å²) in [6.07, 6.45) is 1.58. The third kappa shape index (κ3) is 4.98. The number of carbonyl (C=O) groups is 2. The molecule has 2 aromatic carbocycles. The number of H-pyrrole nitrogens is 1. The van der Waals surface area contributed by atoms with Gasteiger partial charge in [-0.05, 0) is 64.0 Å². The molecule has 32 heavy (non-hydrogen) atoms. The van der Waals surface area contributed by atoms with Crippen molar-refractivity contribution in [3.63, 3.8) is 0 Å². The number of nitrogens with zero attached hydrogens (tertiary/aromatic N) is 1. The van der Waals surface area contributed by atoms with Crippen molar-refractivity contribution < 1.29 is 9.59 Å². The molecule has 0 atom stereocenters. The first-order valence-electron chi connectivity index (χ1n) is 9.63. The minimum atomic E-state index is -0.571. The first-order valence-corrected chi connectivity index (χ1v) is 10.4. The fourth-order valence-corrected chi connectivity index (χ4v) is 3.25. The van der Waals surface area contributed by atoms with Gasteiger partial charge in [0.05, 0.1) is 0 Å². The molecule has 0 spiro atoms. The molecule has 0 saturated heterocycles. The van der Waals surface area contributed by atoms with Gasteiger partial charge in [-0.25, -0.2) is 4.98 Å². The van der Waals surface area contributed by atoms with Crippen molar-refractivity contribution in [3.05, 3.63) is 111 Å². The summed E-state index contributed by atoms with van der Waals surface area (Å²) in [5, 5.41) is 5.35. The summed E-state index contributed by atoms with van der Waals surface area (Å²) >= 11 is 3.29. The summed E-state index contributed by atoms with van der Waals surface area (Å²) in [5.74, 6) is -0.545. The predicted octanol–water partition coefficient (Wildman–Crippen LogP) is 4.70. The Morgan fingerprint density at radius 2 is 1.66 bits per heavy atom. The molecule has 0 aliphatic heterocycles. The predicted molar refractivity (Wildman–Crippen MR) is 127 cm³/mol. The van der Waals surface area contributed by atoms with Crippen molar-refractivity contribution >= 4 is 39.2 Å². The maximum atomic E-state index is 12.6. The molecule has 0 aliphatic carbocycles. The van der Waals surface area contributed by atoms with Crippen LogP contribution in [0, 0.1) is 0 Å². The maximum absolute atomic E-state index is 12.6. The SMILES string of the molecule is O=C(Nc1ccc(Br)cn1)c1cccc(NC(=O)c2ccc(-c3ccccc3)[nH]c2=O)c1. The van der Waals surface area contributed by atoms with E-state index < -0.39 is 11.5 Å². The highest BCUT2D eigenvalue weighted by Crippen LogP contribution is 2.17. The van der Waals surface area contributed by atoms with Crippen molar-refractivity contribution in [2.45, 2.75) is 0 Å². The van der Waals surface area contributed by atoms with E-state index in [1.54, 1.807) is 42.6 Å². The molecule has 4 rings (SSSR count). The van der Waals surface area contributed by atoms with Gasteiger partial charge in [-0.1, -0.05) is 36.4 Å². The number of halogens is 1. The van der Waals surface area contributed by atoms with E-state index in [1.807, 2.05) is 30.3 Å². The standard InChI is InChI=1S/C24H17BrN4O3/c25-17-9-12-21(26-14-17)29-22(30)16-7-4-8-18(13-16)27-23(31)19-10-11-20(28-24(19)32)15-5-2-1-3-6-15/h1-14H,(H,27,31)(H,28,32)(H,26,29,30). The molecule has 0 saturated carbocycles. The van der Waals surface area contributed by atoms with E-state index in [1.165, 1.54) is 12.1 Å². The fourth-order valence-electron chi connectivity index (χ4n) is 3.01. The van der Waals surface area contributed by atoms with Crippen LogP contribution in [0.4, 0.5) is 11.5 Å². The van der Waals surface area contributed by atoms with Gasteiger partial charge >= 0.3 is 0 Å². The minimum Gasteiger partial charge on any atom is -0.322 e. The van der Waals surface area contributed by atoms with E-state index in [-0.39, 0.29) is 11.5 Å². The summed E-state index contributed by atoms with van der Waals surface area (Å²) in [7, 11) is 0. The topological polar surface area (TPSA) is 104 Å². The molecule has 2 amide bonds. The van der Waals surface area contributed by atoms with Crippen molar-refractivity contribution in [2.24, 2.45) is 0 Å².